The van der Waals surface area contributed by atoms with Crippen molar-refractivity contribution < 1.29 is 18.0 Å². The maximum absolute atomic E-state index is 12.9. The summed E-state index contributed by atoms with van der Waals surface area (Å²) in [6.07, 6.45) is 17.6. The Morgan fingerprint density at radius 3 is 2.25 bits per heavy atom. The number of benzene rings is 2. The average molecular weight is 770 g/mol. The lowest BCUT2D eigenvalue weighted by molar-refractivity contribution is -0.137. The molecule has 0 aliphatic heterocycles. The van der Waals surface area contributed by atoms with Gasteiger partial charge in [0.2, 0.25) is 0 Å². The SMILES string of the molecule is C/C=C/CCC.CCCC(CCC(C)CC)n1cc(C)cn1.CCCC=Nc1cc(C#Cc2cc(C(=O)Nc3cc(C(F)(F)F)ccn3)ccc2C)ccc1C. The molecule has 2 heterocycles. The Hall–Kier alpha value is -4.97. The predicted molar refractivity (Wildman–Crippen MR) is 228 cm³/mol. The number of aliphatic imine (C=N–C) groups is 1. The highest BCUT2D eigenvalue weighted by molar-refractivity contribution is 6.04. The number of halogens is 3. The third kappa shape index (κ3) is 17.2. The fourth-order valence-electron chi connectivity index (χ4n) is 5.41. The van der Waals surface area contributed by atoms with Crippen molar-refractivity contribution in [2.75, 3.05) is 5.32 Å². The third-order valence-electron chi connectivity index (χ3n) is 9.13. The van der Waals surface area contributed by atoms with Gasteiger partial charge in [0, 0.05) is 35.3 Å². The molecule has 0 radical (unpaired) electrons. The third-order valence-corrected chi connectivity index (χ3v) is 9.13. The lowest BCUT2D eigenvalue weighted by Crippen LogP contribution is -2.14. The number of aryl methyl sites for hydroxylation is 3. The van der Waals surface area contributed by atoms with Crippen LogP contribution in [0.4, 0.5) is 24.7 Å². The minimum atomic E-state index is -4.52. The molecule has 302 valence electrons. The molecule has 0 saturated heterocycles. The summed E-state index contributed by atoms with van der Waals surface area (Å²) in [5.74, 6) is 6.29. The van der Waals surface area contributed by atoms with Crippen LogP contribution < -0.4 is 5.32 Å². The molecule has 2 aromatic heterocycles. The lowest BCUT2D eigenvalue weighted by Gasteiger charge is -2.18. The predicted octanol–water partition coefficient (Wildman–Crippen LogP) is 13.6. The van der Waals surface area contributed by atoms with Gasteiger partial charge in [-0.2, -0.15) is 18.3 Å². The van der Waals surface area contributed by atoms with Crippen LogP contribution >= 0.6 is 0 Å². The van der Waals surface area contributed by atoms with E-state index in [1.54, 1.807) is 18.2 Å². The van der Waals surface area contributed by atoms with Crippen molar-refractivity contribution in [3.63, 3.8) is 0 Å². The first-order valence-electron chi connectivity index (χ1n) is 20.0. The molecule has 1 amide bonds. The Kier molecular flexibility index (Phi) is 21.3. The minimum Gasteiger partial charge on any atom is -0.307 e. The monoisotopic (exact) mass is 769 g/mol. The van der Waals surface area contributed by atoms with E-state index in [1.165, 1.54) is 50.5 Å². The van der Waals surface area contributed by atoms with Crippen molar-refractivity contribution in [1.29, 1.82) is 0 Å². The number of alkyl halides is 3. The highest BCUT2D eigenvalue weighted by Crippen LogP contribution is 2.30. The molecule has 0 bridgehead atoms. The van der Waals surface area contributed by atoms with E-state index >= 15 is 0 Å². The van der Waals surface area contributed by atoms with Gasteiger partial charge in [-0.25, -0.2) is 4.98 Å². The van der Waals surface area contributed by atoms with E-state index in [0.717, 1.165) is 59.5 Å². The quantitative estimate of drug-likeness (QED) is 0.0788. The number of aromatic nitrogens is 3. The molecule has 4 rings (SSSR count). The van der Waals surface area contributed by atoms with Gasteiger partial charge in [0.15, 0.2) is 0 Å². The van der Waals surface area contributed by atoms with Crippen LogP contribution in [0.2, 0.25) is 0 Å². The van der Waals surface area contributed by atoms with E-state index in [4.69, 9.17) is 0 Å². The molecule has 1 N–H and O–H groups in total. The van der Waals surface area contributed by atoms with Gasteiger partial charge < -0.3 is 5.32 Å². The van der Waals surface area contributed by atoms with Gasteiger partial charge in [0.25, 0.3) is 5.91 Å². The van der Waals surface area contributed by atoms with Crippen LogP contribution in [-0.4, -0.2) is 26.9 Å². The molecule has 6 nitrogen and oxygen atoms in total. The molecule has 0 aliphatic carbocycles. The van der Waals surface area contributed by atoms with Crippen molar-refractivity contribution in [3.8, 4) is 11.8 Å². The number of pyridine rings is 1. The first-order chi connectivity index (χ1) is 26.8. The standard InChI is InChI=1S/C27H24F3N3O.C14H26N2.C6H12/c1-4-5-13-31-24-15-20(8-6-19(24)3)9-11-21-16-22(10-7-18(21)2)26(34)33-25-17-23(12-14-32-25)27(28,29)30;1-5-7-14(9-8-12(3)6-2)16-11-13(4)10-15-16;1-3-5-6-4-2/h6-8,10,12-17H,4-5H2,1-3H3,(H,32,33,34);10-12,14H,5-9H2,1-4H3;3,5H,4,6H2,1-2H3/b;;5-3+. The summed E-state index contributed by atoms with van der Waals surface area (Å²) >= 11 is 0. The number of unbranched alkanes of at least 4 members (excludes halogenated alkanes) is 2. The molecular formula is C47H62F3N5O. The second kappa shape index (κ2) is 25.2. The number of carbonyl (C=O) groups is 1. The summed E-state index contributed by atoms with van der Waals surface area (Å²) in [7, 11) is 0. The number of amides is 1. The van der Waals surface area contributed by atoms with E-state index < -0.39 is 17.6 Å². The summed E-state index contributed by atoms with van der Waals surface area (Å²) in [5, 5.41) is 6.87. The number of hydrogen-bond donors (Lipinski definition) is 1. The molecule has 0 fully saturated rings. The highest BCUT2D eigenvalue weighted by Gasteiger charge is 2.31. The van der Waals surface area contributed by atoms with Gasteiger partial charge in [-0.3, -0.25) is 14.5 Å². The number of allylic oxidation sites excluding steroid dienone is 2. The summed E-state index contributed by atoms with van der Waals surface area (Å²) < 4.78 is 40.9. The molecule has 2 atom stereocenters. The van der Waals surface area contributed by atoms with Gasteiger partial charge in [-0.15, -0.1) is 0 Å². The van der Waals surface area contributed by atoms with Crippen LogP contribution in [0.3, 0.4) is 0 Å². The van der Waals surface area contributed by atoms with Crippen LogP contribution in [0.1, 0.15) is 149 Å². The van der Waals surface area contributed by atoms with Crippen molar-refractivity contribution in [2.24, 2.45) is 10.9 Å². The molecule has 56 heavy (non-hydrogen) atoms. The summed E-state index contributed by atoms with van der Waals surface area (Å²) in [6.45, 7) is 19.2. The zero-order valence-corrected chi connectivity index (χ0v) is 34.9. The molecule has 0 spiro atoms. The van der Waals surface area contributed by atoms with E-state index in [-0.39, 0.29) is 11.4 Å². The Bertz CT molecular complexity index is 1900. The molecule has 4 aromatic rings. The van der Waals surface area contributed by atoms with E-state index in [2.05, 4.69) is 104 Å². The second-order valence-corrected chi connectivity index (χ2v) is 14.2. The van der Waals surface area contributed by atoms with Gasteiger partial charge in [-0.1, -0.05) is 96.4 Å². The smallest absolute Gasteiger partial charge is 0.307 e. The summed E-state index contributed by atoms with van der Waals surface area (Å²) in [5.41, 5.74) is 4.86. The topological polar surface area (TPSA) is 72.2 Å². The zero-order chi connectivity index (χ0) is 41.5. The molecule has 9 heteroatoms. The largest absolute Gasteiger partial charge is 0.416 e. The number of nitrogens with one attached hydrogen (secondary N) is 1. The van der Waals surface area contributed by atoms with E-state index in [1.807, 2.05) is 44.5 Å². The maximum atomic E-state index is 12.9. The molecule has 2 aromatic carbocycles. The van der Waals surface area contributed by atoms with E-state index in [0.29, 0.717) is 11.6 Å². The Balaban J connectivity index is 0.000000406. The fraction of sp³-hybridized carbons (Fsp3) is 0.447. The molecule has 0 saturated carbocycles. The van der Waals surface area contributed by atoms with Crippen LogP contribution in [0.5, 0.6) is 0 Å². The molecular weight excluding hydrogens is 708 g/mol. The zero-order valence-electron chi connectivity index (χ0n) is 34.9. The minimum absolute atomic E-state index is 0.177. The normalized spacial score (nSPS) is 12.2. The first kappa shape index (κ1) is 47.2. The fourth-order valence-corrected chi connectivity index (χ4v) is 5.41. The van der Waals surface area contributed by atoms with Crippen molar-refractivity contribution in [3.05, 3.63) is 118 Å². The summed E-state index contributed by atoms with van der Waals surface area (Å²) in [6, 6.07) is 13.0. The van der Waals surface area contributed by atoms with E-state index in [9.17, 15) is 18.0 Å². The first-order valence-corrected chi connectivity index (χ1v) is 20.0. The Labute approximate surface area is 334 Å². The van der Waals surface area contributed by atoms with Crippen LogP contribution in [0.25, 0.3) is 0 Å². The number of anilines is 1. The highest BCUT2D eigenvalue weighted by atomic mass is 19.4. The van der Waals surface area contributed by atoms with Crippen molar-refractivity contribution >= 4 is 23.6 Å². The number of hydrogen-bond acceptors (Lipinski definition) is 4. The van der Waals surface area contributed by atoms with Crippen LogP contribution in [-0.2, 0) is 6.18 Å². The number of nitrogens with zero attached hydrogens (tertiary/aromatic N) is 4. The average Bonchev–Trinajstić information content (AvgIpc) is 3.62. The number of carbonyl (C=O) groups excluding carboxylic acids is 1. The maximum Gasteiger partial charge on any atom is 0.416 e. The van der Waals surface area contributed by atoms with Crippen LogP contribution in [0.15, 0.2) is 84.3 Å². The summed E-state index contributed by atoms with van der Waals surface area (Å²) in [4.78, 5) is 20.9. The second-order valence-electron chi connectivity index (χ2n) is 14.2. The van der Waals surface area contributed by atoms with Gasteiger partial charge in [0.1, 0.15) is 5.82 Å². The molecule has 0 aliphatic rings. The van der Waals surface area contributed by atoms with Gasteiger partial charge >= 0.3 is 6.18 Å². The van der Waals surface area contributed by atoms with Gasteiger partial charge in [-0.05, 0) is 119 Å². The molecule has 2 unspecified atom stereocenters. The van der Waals surface area contributed by atoms with Gasteiger partial charge in [0.05, 0.1) is 23.5 Å². The Morgan fingerprint density at radius 2 is 1.64 bits per heavy atom. The number of rotatable bonds is 14. The van der Waals surface area contributed by atoms with Crippen molar-refractivity contribution in [2.45, 2.75) is 132 Å². The lowest BCUT2D eigenvalue weighted by atomic mass is 9.97. The van der Waals surface area contributed by atoms with Crippen molar-refractivity contribution in [1.82, 2.24) is 14.8 Å². The Morgan fingerprint density at radius 1 is 0.911 bits per heavy atom. The van der Waals surface area contributed by atoms with Crippen LogP contribution in [0, 0.1) is 38.5 Å².